The lowest BCUT2D eigenvalue weighted by molar-refractivity contribution is -0.305. The Morgan fingerprint density at radius 2 is 0.724 bits per heavy atom. The van der Waals surface area contributed by atoms with E-state index in [1.165, 1.54) is 110 Å². The average Bonchev–Trinajstić information content (AvgIpc) is 2.71. The van der Waals surface area contributed by atoms with Gasteiger partial charge in [0.2, 0.25) is 0 Å². The van der Waals surface area contributed by atoms with Crippen LogP contribution < -0.4 is 5.11 Å². The SMILES string of the molecule is COC(=O)CCCCCCCCCCCCCCCCCCCCCCC(=O)[O-]. The first kappa shape index (κ1) is 27.9. The van der Waals surface area contributed by atoms with E-state index in [9.17, 15) is 14.7 Å². The molecule has 0 aliphatic carbocycles. The van der Waals surface area contributed by atoms with Gasteiger partial charge in [-0.25, -0.2) is 0 Å². The first-order valence-corrected chi connectivity index (χ1v) is 12.4. The Morgan fingerprint density at radius 3 is 0.966 bits per heavy atom. The molecule has 4 heteroatoms. The molecule has 29 heavy (non-hydrogen) atoms. The van der Waals surface area contributed by atoms with Crippen LogP contribution in [0.4, 0.5) is 0 Å². The molecular formula is C25H47O4-. The molecular weight excluding hydrogens is 364 g/mol. The highest BCUT2D eigenvalue weighted by molar-refractivity contribution is 5.68. The number of hydrogen-bond acceptors (Lipinski definition) is 4. The predicted octanol–water partition coefficient (Wildman–Crippen LogP) is 6.49. The first-order chi connectivity index (χ1) is 14.2. The van der Waals surface area contributed by atoms with E-state index in [-0.39, 0.29) is 12.4 Å². The van der Waals surface area contributed by atoms with E-state index in [2.05, 4.69) is 4.74 Å². The molecule has 0 saturated carbocycles. The number of carbonyl (C=O) groups excluding carboxylic acids is 2. The minimum absolute atomic E-state index is 0.0787. The van der Waals surface area contributed by atoms with Gasteiger partial charge in [0.25, 0.3) is 0 Å². The molecule has 4 nitrogen and oxygen atoms in total. The van der Waals surface area contributed by atoms with E-state index in [1.54, 1.807) is 0 Å². The zero-order valence-electron chi connectivity index (χ0n) is 19.2. The van der Waals surface area contributed by atoms with Gasteiger partial charge in [-0.2, -0.15) is 0 Å². The van der Waals surface area contributed by atoms with Crippen LogP contribution in [0.25, 0.3) is 0 Å². The van der Waals surface area contributed by atoms with Crippen LogP contribution in [0.1, 0.15) is 141 Å². The molecule has 0 fully saturated rings. The zero-order valence-corrected chi connectivity index (χ0v) is 19.2. The molecule has 0 bridgehead atoms. The summed E-state index contributed by atoms with van der Waals surface area (Å²) in [5.74, 6) is -0.990. The summed E-state index contributed by atoms with van der Waals surface area (Å²) < 4.78 is 4.65. The Morgan fingerprint density at radius 1 is 0.483 bits per heavy atom. The molecule has 0 aliphatic rings. The molecule has 0 aromatic rings. The Bertz CT molecular complexity index is 368. The van der Waals surface area contributed by atoms with E-state index >= 15 is 0 Å². The minimum atomic E-state index is -0.912. The summed E-state index contributed by atoms with van der Waals surface area (Å²) in [7, 11) is 1.46. The van der Waals surface area contributed by atoms with E-state index in [4.69, 9.17) is 0 Å². The number of esters is 1. The fourth-order valence-corrected chi connectivity index (χ4v) is 3.82. The fourth-order valence-electron chi connectivity index (χ4n) is 3.82. The molecule has 0 N–H and O–H groups in total. The van der Waals surface area contributed by atoms with Crippen LogP contribution in [0.15, 0.2) is 0 Å². The van der Waals surface area contributed by atoms with Gasteiger partial charge in [-0.15, -0.1) is 0 Å². The highest BCUT2D eigenvalue weighted by Gasteiger charge is 1.99. The van der Waals surface area contributed by atoms with Crippen molar-refractivity contribution in [3.8, 4) is 0 Å². The lowest BCUT2D eigenvalue weighted by Crippen LogP contribution is -2.21. The molecule has 0 unspecified atom stereocenters. The third-order valence-electron chi connectivity index (χ3n) is 5.74. The predicted molar refractivity (Wildman–Crippen MR) is 119 cm³/mol. The number of carboxylic acid groups (broad SMARTS) is 1. The number of ether oxygens (including phenoxy) is 1. The molecule has 0 aromatic carbocycles. The van der Waals surface area contributed by atoms with Crippen molar-refractivity contribution in [2.24, 2.45) is 0 Å². The number of carboxylic acids is 1. The van der Waals surface area contributed by atoms with Gasteiger partial charge < -0.3 is 14.6 Å². The topological polar surface area (TPSA) is 66.4 Å². The maximum absolute atomic E-state index is 11.0. The van der Waals surface area contributed by atoms with Gasteiger partial charge in [-0.05, 0) is 19.3 Å². The summed E-state index contributed by atoms with van der Waals surface area (Å²) in [6.45, 7) is 0. The van der Waals surface area contributed by atoms with Gasteiger partial charge in [0.15, 0.2) is 0 Å². The van der Waals surface area contributed by atoms with Gasteiger partial charge in [-0.1, -0.05) is 116 Å². The molecule has 0 aliphatic heterocycles. The second-order valence-corrected chi connectivity index (χ2v) is 8.52. The van der Waals surface area contributed by atoms with Crippen molar-refractivity contribution in [1.29, 1.82) is 0 Å². The van der Waals surface area contributed by atoms with Crippen LogP contribution in [-0.2, 0) is 14.3 Å². The quantitative estimate of drug-likeness (QED) is 0.142. The Kier molecular flexibility index (Phi) is 22.4. The summed E-state index contributed by atoms with van der Waals surface area (Å²) in [5, 5.41) is 10.3. The van der Waals surface area contributed by atoms with Crippen molar-refractivity contribution in [2.75, 3.05) is 7.11 Å². The molecule has 0 amide bonds. The summed E-state index contributed by atoms with van der Waals surface area (Å²) in [6.07, 6.45) is 26.1. The van der Waals surface area contributed by atoms with Crippen LogP contribution in [0.5, 0.6) is 0 Å². The number of methoxy groups -OCH3 is 1. The maximum atomic E-state index is 11.0. The number of carbonyl (C=O) groups is 2. The van der Waals surface area contributed by atoms with Gasteiger partial charge >= 0.3 is 5.97 Å². The highest BCUT2D eigenvalue weighted by atomic mass is 16.5. The third-order valence-corrected chi connectivity index (χ3v) is 5.74. The Labute approximate surface area is 180 Å². The summed E-state index contributed by atoms with van der Waals surface area (Å²) >= 11 is 0. The molecule has 0 aromatic heterocycles. The van der Waals surface area contributed by atoms with E-state index in [0.717, 1.165) is 25.7 Å². The van der Waals surface area contributed by atoms with Crippen LogP contribution in [-0.4, -0.2) is 19.0 Å². The normalized spacial score (nSPS) is 10.9. The molecule has 0 atom stereocenters. The smallest absolute Gasteiger partial charge is 0.305 e. The van der Waals surface area contributed by atoms with Gasteiger partial charge in [0.1, 0.15) is 0 Å². The standard InChI is InChI=1S/C25H48O4/c1-29-25(28)23-21-19-17-15-13-11-9-7-5-3-2-4-6-8-10-12-14-16-18-20-22-24(26)27/h2-23H2,1H3,(H,26,27)/p-1. The monoisotopic (exact) mass is 411 g/mol. The van der Waals surface area contributed by atoms with Gasteiger partial charge in [-0.3, -0.25) is 4.79 Å². The van der Waals surface area contributed by atoms with Crippen molar-refractivity contribution in [1.82, 2.24) is 0 Å². The average molecular weight is 412 g/mol. The van der Waals surface area contributed by atoms with Crippen molar-refractivity contribution >= 4 is 11.9 Å². The summed E-state index contributed by atoms with van der Waals surface area (Å²) in [5.41, 5.74) is 0. The van der Waals surface area contributed by atoms with Crippen LogP contribution in [0, 0.1) is 0 Å². The van der Waals surface area contributed by atoms with Gasteiger partial charge in [0.05, 0.1) is 7.11 Å². The van der Waals surface area contributed by atoms with Crippen molar-refractivity contribution < 1.29 is 19.4 Å². The molecule has 0 rings (SSSR count). The number of aliphatic carboxylic acids is 1. The number of unbranched alkanes of at least 4 members (excludes halogenated alkanes) is 19. The number of rotatable bonds is 23. The van der Waals surface area contributed by atoms with Crippen molar-refractivity contribution in [2.45, 2.75) is 141 Å². The zero-order chi connectivity index (χ0) is 21.4. The molecule has 0 heterocycles. The van der Waals surface area contributed by atoms with Crippen molar-refractivity contribution in [3.63, 3.8) is 0 Å². The van der Waals surface area contributed by atoms with E-state index in [1.807, 2.05) is 0 Å². The number of hydrogen-bond donors (Lipinski definition) is 0. The molecule has 0 radical (unpaired) electrons. The van der Waals surface area contributed by atoms with Crippen LogP contribution in [0.3, 0.4) is 0 Å². The summed E-state index contributed by atoms with van der Waals surface area (Å²) in [4.78, 5) is 21.3. The Balaban J connectivity index is 3.03. The second kappa shape index (κ2) is 23.2. The largest absolute Gasteiger partial charge is 0.550 e. The third kappa shape index (κ3) is 24.9. The fraction of sp³-hybridized carbons (Fsp3) is 0.920. The first-order valence-electron chi connectivity index (χ1n) is 12.4. The van der Waals surface area contributed by atoms with E-state index < -0.39 is 5.97 Å². The van der Waals surface area contributed by atoms with Crippen LogP contribution >= 0.6 is 0 Å². The van der Waals surface area contributed by atoms with Crippen molar-refractivity contribution in [3.05, 3.63) is 0 Å². The van der Waals surface area contributed by atoms with Crippen LogP contribution in [0.2, 0.25) is 0 Å². The lowest BCUT2D eigenvalue weighted by atomic mass is 10.0. The van der Waals surface area contributed by atoms with Gasteiger partial charge in [0, 0.05) is 12.4 Å². The van der Waals surface area contributed by atoms with E-state index in [0.29, 0.717) is 6.42 Å². The highest BCUT2D eigenvalue weighted by Crippen LogP contribution is 2.15. The Hall–Kier alpha value is -1.06. The molecule has 0 spiro atoms. The second-order valence-electron chi connectivity index (χ2n) is 8.52. The minimum Gasteiger partial charge on any atom is -0.550 e. The molecule has 172 valence electrons. The summed E-state index contributed by atoms with van der Waals surface area (Å²) in [6, 6.07) is 0. The lowest BCUT2D eigenvalue weighted by Gasteiger charge is -2.04. The maximum Gasteiger partial charge on any atom is 0.305 e. The molecule has 0 saturated heterocycles.